The van der Waals surface area contributed by atoms with Crippen LogP contribution in [0.2, 0.25) is 0 Å². The maximum atomic E-state index is 10.6. The molecule has 0 amide bonds. The maximum absolute atomic E-state index is 10.6. The zero-order valence-electron chi connectivity index (χ0n) is 8.52. The average molecular weight is 211 g/mol. The summed E-state index contributed by atoms with van der Waals surface area (Å²) in [7, 11) is -4.41. The second kappa shape index (κ2) is 4.53. The third kappa shape index (κ3) is 4.74. The highest BCUT2D eigenvalue weighted by molar-refractivity contribution is 7.46. The van der Waals surface area contributed by atoms with Crippen LogP contribution < -0.4 is 0 Å². The van der Waals surface area contributed by atoms with Crippen molar-refractivity contribution < 1.29 is 18.9 Å². The van der Waals surface area contributed by atoms with Gasteiger partial charge in [-0.1, -0.05) is 13.8 Å². The summed E-state index contributed by atoms with van der Waals surface area (Å²) in [5.41, 5.74) is -0.928. The molecule has 0 saturated carbocycles. The Morgan fingerprint density at radius 1 is 1.31 bits per heavy atom. The number of hydrogen-bond donors (Lipinski definition) is 2. The number of hydrogen-bond acceptors (Lipinski definition) is 3. The molecule has 0 aromatic rings. The van der Waals surface area contributed by atoms with Gasteiger partial charge in [-0.05, 0) is 26.9 Å². The van der Waals surface area contributed by atoms with E-state index in [1.807, 2.05) is 18.7 Å². The molecule has 0 aliphatic heterocycles. The summed E-state index contributed by atoms with van der Waals surface area (Å²) in [6.07, 6.45) is 0. The van der Waals surface area contributed by atoms with E-state index in [-0.39, 0.29) is 0 Å². The minimum Gasteiger partial charge on any atom is -0.303 e. The maximum Gasteiger partial charge on any atom is 0.471 e. The van der Waals surface area contributed by atoms with Crippen LogP contribution in [0.4, 0.5) is 0 Å². The molecule has 0 aromatic heterocycles. The van der Waals surface area contributed by atoms with Crippen LogP contribution in [0.1, 0.15) is 27.7 Å². The predicted octanol–water partition coefficient (Wildman–Crippen LogP) is 1.17. The molecule has 0 radical (unpaired) electrons. The third-order valence-corrected chi connectivity index (χ3v) is 2.55. The van der Waals surface area contributed by atoms with Gasteiger partial charge >= 0.3 is 7.82 Å². The van der Waals surface area contributed by atoms with Gasteiger partial charge in [0.1, 0.15) is 5.72 Å². The topological polar surface area (TPSA) is 70.0 Å². The van der Waals surface area contributed by atoms with E-state index in [1.54, 1.807) is 13.8 Å². The van der Waals surface area contributed by atoms with Crippen molar-refractivity contribution in [2.24, 2.45) is 0 Å². The van der Waals surface area contributed by atoms with Gasteiger partial charge in [0.15, 0.2) is 0 Å². The lowest BCUT2D eigenvalue weighted by Gasteiger charge is -2.36. The summed E-state index contributed by atoms with van der Waals surface area (Å²) in [6, 6.07) is 0. The largest absolute Gasteiger partial charge is 0.471 e. The van der Waals surface area contributed by atoms with Gasteiger partial charge in [0.2, 0.25) is 0 Å². The van der Waals surface area contributed by atoms with Gasteiger partial charge in [0.05, 0.1) is 0 Å². The van der Waals surface area contributed by atoms with E-state index in [4.69, 9.17) is 9.79 Å². The van der Waals surface area contributed by atoms with Gasteiger partial charge in [-0.25, -0.2) is 4.57 Å². The van der Waals surface area contributed by atoms with Crippen LogP contribution in [0.15, 0.2) is 0 Å². The minimum atomic E-state index is -4.41. The first-order valence-electron chi connectivity index (χ1n) is 4.24. The fourth-order valence-corrected chi connectivity index (χ4v) is 2.03. The Morgan fingerprint density at radius 2 is 1.69 bits per heavy atom. The Labute approximate surface area is 78.9 Å². The SMILES string of the molecule is CCN(CC)C(C)(C)OP(=O)(O)O. The quantitative estimate of drug-likeness (QED) is 0.527. The van der Waals surface area contributed by atoms with Gasteiger partial charge < -0.3 is 9.79 Å². The Kier molecular flexibility index (Phi) is 4.55. The first kappa shape index (κ1) is 13.1. The molecule has 0 aromatic carbocycles. The summed E-state index contributed by atoms with van der Waals surface area (Å²) in [4.78, 5) is 19.1. The first-order valence-corrected chi connectivity index (χ1v) is 5.77. The second-order valence-electron chi connectivity index (χ2n) is 3.20. The molecule has 0 saturated heterocycles. The summed E-state index contributed by atoms with van der Waals surface area (Å²) in [5, 5.41) is 0. The van der Waals surface area contributed by atoms with Gasteiger partial charge in [-0.3, -0.25) is 9.42 Å². The van der Waals surface area contributed by atoms with Gasteiger partial charge in [0, 0.05) is 0 Å². The fraction of sp³-hybridized carbons (Fsp3) is 1.00. The zero-order valence-corrected chi connectivity index (χ0v) is 9.41. The molecule has 0 aliphatic rings. The Morgan fingerprint density at radius 3 is 1.92 bits per heavy atom. The monoisotopic (exact) mass is 211 g/mol. The standard InChI is InChI=1S/C7H18NO4P/c1-5-8(6-2)7(3,4)12-13(9,10)11/h5-6H2,1-4H3,(H2,9,10,11). The molecular formula is C7H18NO4P. The van der Waals surface area contributed by atoms with E-state index in [2.05, 4.69) is 4.52 Å². The smallest absolute Gasteiger partial charge is 0.303 e. The highest BCUT2D eigenvalue weighted by Crippen LogP contribution is 2.42. The molecule has 0 atom stereocenters. The number of phosphoric acid groups is 1. The van der Waals surface area contributed by atoms with Crippen molar-refractivity contribution in [2.45, 2.75) is 33.4 Å². The molecule has 0 bridgehead atoms. The van der Waals surface area contributed by atoms with E-state index in [0.29, 0.717) is 13.1 Å². The van der Waals surface area contributed by atoms with Crippen molar-refractivity contribution in [3.63, 3.8) is 0 Å². The van der Waals surface area contributed by atoms with Crippen molar-refractivity contribution in [3.05, 3.63) is 0 Å². The Balaban J connectivity index is 4.45. The van der Waals surface area contributed by atoms with Crippen LogP contribution in [-0.2, 0) is 9.09 Å². The van der Waals surface area contributed by atoms with Gasteiger partial charge in [-0.2, -0.15) is 0 Å². The molecule has 0 rings (SSSR count). The zero-order chi connectivity index (χ0) is 10.7. The van der Waals surface area contributed by atoms with E-state index < -0.39 is 13.5 Å². The normalized spacial score (nSPS) is 13.8. The van der Waals surface area contributed by atoms with Crippen molar-refractivity contribution in [2.75, 3.05) is 13.1 Å². The summed E-state index contributed by atoms with van der Waals surface area (Å²) in [5.74, 6) is 0. The van der Waals surface area contributed by atoms with E-state index in [1.165, 1.54) is 0 Å². The van der Waals surface area contributed by atoms with E-state index >= 15 is 0 Å². The molecule has 13 heavy (non-hydrogen) atoms. The lowest BCUT2D eigenvalue weighted by molar-refractivity contribution is -0.0665. The molecule has 0 fully saturated rings. The second-order valence-corrected chi connectivity index (χ2v) is 4.36. The summed E-state index contributed by atoms with van der Waals surface area (Å²) < 4.78 is 15.3. The molecule has 0 heterocycles. The minimum absolute atomic E-state index is 0.684. The van der Waals surface area contributed by atoms with E-state index in [0.717, 1.165) is 0 Å². The summed E-state index contributed by atoms with van der Waals surface area (Å²) in [6.45, 7) is 8.47. The molecule has 0 aliphatic carbocycles. The van der Waals surface area contributed by atoms with Gasteiger partial charge in [-0.15, -0.1) is 0 Å². The molecule has 6 heteroatoms. The lowest BCUT2D eigenvalue weighted by Crippen LogP contribution is -2.45. The average Bonchev–Trinajstić information content (AvgIpc) is 1.83. The predicted molar refractivity (Wildman–Crippen MR) is 50.1 cm³/mol. The fourth-order valence-electron chi connectivity index (χ4n) is 1.33. The third-order valence-electron chi connectivity index (χ3n) is 1.87. The Bertz CT molecular complexity index is 197. The van der Waals surface area contributed by atoms with Crippen LogP contribution in [-0.4, -0.2) is 33.5 Å². The van der Waals surface area contributed by atoms with E-state index in [9.17, 15) is 4.57 Å². The van der Waals surface area contributed by atoms with Crippen molar-refractivity contribution in [1.82, 2.24) is 4.90 Å². The molecule has 5 nitrogen and oxygen atoms in total. The van der Waals surface area contributed by atoms with Crippen LogP contribution >= 0.6 is 7.82 Å². The molecule has 80 valence electrons. The van der Waals surface area contributed by atoms with Crippen LogP contribution in [0, 0.1) is 0 Å². The molecule has 0 unspecified atom stereocenters. The molecular weight excluding hydrogens is 193 g/mol. The highest BCUT2D eigenvalue weighted by atomic mass is 31.2. The van der Waals surface area contributed by atoms with Crippen LogP contribution in [0.3, 0.4) is 0 Å². The van der Waals surface area contributed by atoms with Crippen LogP contribution in [0.5, 0.6) is 0 Å². The number of nitrogens with zero attached hydrogens (tertiary/aromatic N) is 1. The van der Waals surface area contributed by atoms with Crippen molar-refractivity contribution in [3.8, 4) is 0 Å². The molecule has 0 spiro atoms. The Hall–Kier alpha value is 0.0700. The summed E-state index contributed by atoms with van der Waals surface area (Å²) >= 11 is 0. The highest BCUT2D eigenvalue weighted by Gasteiger charge is 2.32. The van der Waals surface area contributed by atoms with Gasteiger partial charge in [0.25, 0.3) is 0 Å². The first-order chi connectivity index (χ1) is 5.73. The van der Waals surface area contributed by atoms with Crippen molar-refractivity contribution in [1.29, 1.82) is 0 Å². The molecule has 2 N–H and O–H groups in total. The number of rotatable bonds is 5. The van der Waals surface area contributed by atoms with Crippen LogP contribution in [0.25, 0.3) is 0 Å². The van der Waals surface area contributed by atoms with Crippen molar-refractivity contribution >= 4 is 7.82 Å². The number of phosphoric ester groups is 1. The lowest BCUT2D eigenvalue weighted by atomic mass is 10.2.